The number of nitrogens with one attached hydrogen (secondary N) is 1. The Morgan fingerprint density at radius 1 is 1.28 bits per heavy atom. The molecule has 1 unspecified atom stereocenters. The maximum Gasteiger partial charge on any atom is 0.356 e. The second-order valence-corrected chi connectivity index (χ2v) is 6.27. The van der Waals surface area contributed by atoms with Crippen molar-refractivity contribution in [3.8, 4) is 22.6 Å². The van der Waals surface area contributed by atoms with Gasteiger partial charge in [0.2, 0.25) is 0 Å². The summed E-state index contributed by atoms with van der Waals surface area (Å²) in [4.78, 5) is 26.4. The van der Waals surface area contributed by atoms with Crippen molar-refractivity contribution in [2.24, 2.45) is 0 Å². The van der Waals surface area contributed by atoms with Crippen LogP contribution in [0.3, 0.4) is 0 Å². The molecule has 0 bridgehead atoms. The lowest BCUT2D eigenvalue weighted by Gasteiger charge is -2.05. The molecule has 0 aliphatic carbocycles. The Kier molecular flexibility index (Phi) is 4.68. The molecule has 0 saturated carbocycles. The monoisotopic (exact) mass is 358 g/mol. The van der Waals surface area contributed by atoms with Crippen molar-refractivity contribution < 1.29 is 18.7 Å². The van der Waals surface area contributed by atoms with Gasteiger partial charge in [-0.25, -0.2) is 14.0 Å². The van der Waals surface area contributed by atoms with Gasteiger partial charge in [0.05, 0.1) is 5.75 Å². The summed E-state index contributed by atoms with van der Waals surface area (Å²) < 4.78 is 20.0. The summed E-state index contributed by atoms with van der Waals surface area (Å²) in [5.74, 6) is -0.750. The lowest BCUT2D eigenvalue weighted by Crippen LogP contribution is -1.98. The average molecular weight is 358 g/mol. The number of aromatic amines is 1. The van der Waals surface area contributed by atoms with Crippen LogP contribution in [0, 0.1) is 6.92 Å². The van der Waals surface area contributed by atoms with E-state index in [1.54, 1.807) is 37.5 Å². The van der Waals surface area contributed by atoms with E-state index in [-0.39, 0.29) is 11.4 Å². The van der Waals surface area contributed by atoms with Crippen LogP contribution in [-0.4, -0.2) is 39.8 Å². The molecule has 3 heterocycles. The van der Waals surface area contributed by atoms with Crippen molar-refractivity contribution in [3.63, 3.8) is 0 Å². The number of rotatable bonds is 5. The Hall–Kier alpha value is -2.91. The SMILES string of the molecule is Cc1[nH]c(-c2cc(-c3cncc(CS(=O)O)c3)ccn2)nc1C(=O)O. The zero-order valence-corrected chi connectivity index (χ0v) is 13.9. The van der Waals surface area contributed by atoms with Crippen LogP contribution in [0.5, 0.6) is 0 Å². The van der Waals surface area contributed by atoms with Gasteiger partial charge in [0.25, 0.3) is 0 Å². The van der Waals surface area contributed by atoms with Crippen LogP contribution in [0.4, 0.5) is 0 Å². The van der Waals surface area contributed by atoms with E-state index in [1.165, 1.54) is 6.20 Å². The quantitative estimate of drug-likeness (QED) is 0.597. The second kappa shape index (κ2) is 6.91. The van der Waals surface area contributed by atoms with Crippen LogP contribution in [-0.2, 0) is 16.8 Å². The van der Waals surface area contributed by atoms with Crippen molar-refractivity contribution in [1.82, 2.24) is 19.9 Å². The van der Waals surface area contributed by atoms with Crippen LogP contribution in [0.15, 0.2) is 36.8 Å². The van der Waals surface area contributed by atoms with Gasteiger partial charge < -0.3 is 14.6 Å². The van der Waals surface area contributed by atoms with E-state index in [0.717, 1.165) is 11.1 Å². The van der Waals surface area contributed by atoms with Gasteiger partial charge in [-0.2, -0.15) is 0 Å². The van der Waals surface area contributed by atoms with E-state index in [4.69, 9.17) is 9.66 Å². The number of H-pyrrole nitrogens is 1. The Labute approximate surface area is 145 Å². The summed E-state index contributed by atoms with van der Waals surface area (Å²) in [7, 11) is 0. The number of hydrogen-bond donors (Lipinski definition) is 3. The third-order valence-electron chi connectivity index (χ3n) is 3.51. The van der Waals surface area contributed by atoms with Gasteiger partial charge in [0.15, 0.2) is 22.6 Å². The molecule has 0 radical (unpaired) electrons. The fraction of sp³-hybridized carbons (Fsp3) is 0.125. The summed E-state index contributed by atoms with van der Waals surface area (Å²) in [5.41, 5.74) is 3.07. The number of aromatic nitrogens is 4. The first-order valence-corrected chi connectivity index (χ1v) is 8.49. The molecule has 0 amide bonds. The summed E-state index contributed by atoms with van der Waals surface area (Å²) in [6.07, 6.45) is 4.76. The number of carbonyl (C=O) groups is 1. The molecule has 8 nitrogen and oxygen atoms in total. The largest absolute Gasteiger partial charge is 0.476 e. The van der Waals surface area contributed by atoms with E-state index in [2.05, 4.69) is 19.9 Å². The molecule has 128 valence electrons. The molecule has 0 spiro atoms. The lowest BCUT2D eigenvalue weighted by atomic mass is 10.1. The number of imidazole rings is 1. The van der Waals surface area contributed by atoms with Crippen LogP contribution in [0.25, 0.3) is 22.6 Å². The van der Waals surface area contributed by atoms with Crippen LogP contribution >= 0.6 is 0 Å². The number of carboxylic acids is 1. The van der Waals surface area contributed by atoms with Crippen LogP contribution in [0.2, 0.25) is 0 Å². The fourth-order valence-electron chi connectivity index (χ4n) is 2.40. The van der Waals surface area contributed by atoms with Gasteiger partial charge >= 0.3 is 5.97 Å². The topological polar surface area (TPSA) is 129 Å². The predicted molar refractivity (Wildman–Crippen MR) is 91.2 cm³/mol. The third-order valence-corrected chi connectivity index (χ3v) is 4.09. The molecule has 3 aromatic heterocycles. The number of aryl methyl sites for hydroxylation is 1. The maximum atomic E-state index is 11.1. The summed E-state index contributed by atoms with van der Waals surface area (Å²) in [6.45, 7) is 1.63. The van der Waals surface area contributed by atoms with E-state index >= 15 is 0 Å². The Morgan fingerprint density at radius 2 is 2.08 bits per heavy atom. The van der Waals surface area contributed by atoms with E-state index in [9.17, 15) is 9.00 Å². The normalized spacial score (nSPS) is 12.1. The molecular weight excluding hydrogens is 344 g/mol. The predicted octanol–water partition coefficient (Wildman–Crippen LogP) is 2.26. The molecule has 0 aliphatic rings. The molecule has 0 saturated heterocycles. The minimum Gasteiger partial charge on any atom is -0.476 e. The van der Waals surface area contributed by atoms with Gasteiger partial charge in [-0.05, 0) is 36.2 Å². The average Bonchev–Trinajstić information content (AvgIpc) is 2.97. The first-order valence-electron chi connectivity index (χ1n) is 7.22. The Bertz CT molecular complexity index is 970. The highest BCUT2D eigenvalue weighted by Gasteiger charge is 2.15. The van der Waals surface area contributed by atoms with Crippen molar-refractivity contribution in [1.29, 1.82) is 0 Å². The molecule has 0 aromatic carbocycles. The number of nitrogens with zero attached hydrogens (tertiary/aromatic N) is 3. The van der Waals surface area contributed by atoms with Crippen LogP contribution in [0.1, 0.15) is 21.7 Å². The fourth-order valence-corrected chi connectivity index (χ4v) is 2.84. The van der Waals surface area contributed by atoms with Crippen molar-refractivity contribution in [2.45, 2.75) is 12.7 Å². The summed E-state index contributed by atoms with van der Waals surface area (Å²) >= 11 is -1.94. The highest BCUT2D eigenvalue weighted by Crippen LogP contribution is 2.24. The zero-order valence-electron chi connectivity index (χ0n) is 13.1. The molecule has 3 rings (SSSR count). The van der Waals surface area contributed by atoms with Gasteiger partial charge in [0, 0.05) is 29.8 Å². The Morgan fingerprint density at radius 3 is 2.76 bits per heavy atom. The molecule has 9 heteroatoms. The maximum absolute atomic E-state index is 11.1. The molecule has 0 fully saturated rings. The molecule has 25 heavy (non-hydrogen) atoms. The van der Waals surface area contributed by atoms with Crippen molar-refractivity contribution in [2.75, 3.05) is 0 Å². The number of hydrogen-bond acceptors (Lipinski definition) is 5. The van der Waals surface area contributed by atoms with E-state index in [1.807, 2.05) is 0 Å². The van der Waals surface area contributed by atoms with Crippen LogP contribution < -0.4 is 0 Å². The first kappa shape index (κ1) is 16.9. The molecule has 1 atom stereocenters. The third kappa shape index (κ3) is 3.78. The molecule has 3 N–H and O–H groups in total. The minimum absolute atomic E-state index is 0.00185. The second-order valence-electron chi connectivity index (χ2n) is 5.34. The Balaban J connectivity index is 1.98. The number of aromatic carboxylic acids is 1. The summed E-state index contributed by atoms with van der Waals surface area (Å²) in [6, 6.07) is 5.30. The summed E-state index contributed by atoms with van der Waals surface area (Å²) in [5, 5.41) is 9.10. The van der Waals surface area contributed by atoms with Gasteiger partial charge in [-0.15, -0.1) is 0 Å². The highest BCUT2D eigenvalue weighted by atomic mass is 32.2. The minimum atomic E-state index is -1.94. The van der Waals surface area contributed by atoms with Crippen molar-refractivity contribution in [3.05, 3.63) is 53.7 Å². The van der Waals surface area contributed by atoms with Crippen molar-refractivity contribution >= 4 is 17.0 Å². The van der Waals surface area contributed by atoms with E-state index in [0.29, 0.717) is 22.8 Å². The van der Waals surface area contributed by atoms with Gasteiger partial charge in [-0.3, -0.25) is 9.97 Å². The van der Waals surface area contributed by atoms with Gasteiger partial charge in [-0.1, -0.05) is 0 Å². The number of pyridine rings is 2. The standard InChI is InChI=1S/C16H14N4O4S/c1-9-14(16(21)22)20-15(19-9)13-5-11(2-3-18-13)12-4-10(6-17-7-12)8-25(23)24/h2-7H,8H2,1H3,(H,19,20)(H,21,22)(H,23,24). The molecule has 3 aromatic rings. The van der Waals surface area contributed by atoms with Gasteiger partial charge in [0.1, 0.15) is 5.69 Å². The van der Waals surface area contributed by atoms with E-state index < -0.39 is 17.0 Å². The lowest BCUT2D eigenvalue weighted by molar-refractivity contribution is 0.0690. The smallest absolute Gasteiger partial charge is 0.356 e. The number of carboxylic acid groups (broad SMARTS) is 1. The molecule has 0 aliphatic heterocycles. The highest BCUT2D eigenvalue weighted by molar-refractivity contribution is 7.78. The molecular formula is C16H14N4O4S. The first-order chi connectivity index (χ1) is 11.9. The zero-order chi connectivity index (χ0) is 18.0.